The van der Waals surface area contributed by atoms with Crippen molar-refractivity contribution >= 4 is 16.6 Å². The first-order valence-electron chi connectivity index (χ1n) is 1.30. The Morgan fingerprint density at radius 1 is 1.08 bits per heavy atom. The summed E-state index contributed by atoms with van der Waals surface area (Å²) >= 11 is 0. The number of hydrogen-bond acceptors (Lipinski definition) is 6. The molecule has 0 rings (SSSR count). The number of hydrogen-bond donors (Lipinski definition) is 1. The van der Waals surface area contributed by atoms with Crippen LogP contribution in [-0.2, 0) is 10.4 Å². The van der Waals surface area contributed by atoms with Crippen molar-refractivity contribution in [2.75, 3.05) is 0 Å². The smallest absolute Gasteiger partial charge is 0.759 e. The van der Waals surface area contributed by atoms with Crippen molar-refractivity contribution < 1.29 is 187 Å². The van der Waals surface area contributed by atoms with E-state index in [0.29, 0.717) is 0 Å². The molecule has 0 bridgehead atoms. The van der Waals surface area contributed by atoms with Crippen LogP contribution in [0.25, 0.3) is 0 Å². The van der Waals surface area contributed by atoms with Crippen molar-refractivity contribution in [1.29, 1.82) is 0 Å². The van der Waals surface area contributed by atoms with Crippen LogP contribution in [0.3, 0.4) is 0 Å². The van der Waals surface area contributed by atoms with Gasteiger partial charge in [0.05, 0.1) is 0 Å². The van der Waals surface area contributed by atoms with E-state index >= 15 is 0 Å². The Labute approximate surface area is 197 Å². The van der Waals surface area contributed by atoms with Gasteiger partial charge in [-0.05, 0) is 0 Å². The van der Waals surface area contributed by atoms with Crippen molar-refractivity contribution in [1.82, 2.24) is 0 Å². The molecule has 0 aliphatic heterocycles. The van der Waals surface area contributed by atoms with Crippen LogP contribution in [0.1, 0.15) is 0 Å². The molecule has 0 aliphatic carbocycles. The third kappa shape index (κ3) is 146. The van der Waals surface area contributed by atoms with E-state index in [1.807, 2.05) is 0 Å². The van der Waals surface area contributed by atoms with Crippen molar-refractivity contribution in [3.05, 3.63) is 0 Å². The number of carboxylic acid groups (broad SMARTS) is 2. The maximum Gasteiger partial charge on any atom is 1.00 e. The fraction of sp³-hybridized carbons (Fsp3) is 0. The minimum Gasteiger partial charge on any atom is -0.759 e. The van der Waals surface area contributed by atoms with Crippen molar-refractivity contribution in [2.24, 2.45) is 0 Å². The molecular formula is CHK3O7S. The van der Waals surface area contributed by atoms with Crippen molar-refractivity contribution in [3.63, 3.8) is 0 Å². The summed E-state index contributed by atoms with van der Waals surface area (Å²) in [5.41, 5.74) is 0. The molecule has 0 aromatic heterocycles. The quantitative estimate of drug-likeness (QED) is 0.262. The third-order valence-corrected chi connectivity index (χ3v) is 0. The first kappa shape index (κ1) is 29.8. The fourth-order valence-electron chi connectivity index (χ4n) is 0. The van der Waals surface area contributed by atoms with E-state index in [1.165, 1.54) is 0 Å². The second kappa shape index (κ2) is 17.4. The Bertz CT molecular complexity index is 161. The van der Waals surface area contributed by atoms with Gasteiger partial charge in [-0.3, -0.25) is 8.42 Å². The Morgan fingerprint density at radius 3 is 1.08 bits per heavy atom. The van der Waals surface area contributed by atoms with Gasteiger partial charge in [-0.1, -0.05) is 0 Å². The molecule has 0 saturated heterocycles. The molecule has 0 unspecified atom stereocenters. The van der Waals surface area contributed by atoms with Gasteiger partial charge in [-0.2, -0.15) is 0 Å². The molecule has 11 heteroatoms. The monoisotopic (exact) mass is 274 g/mol. The molecule has 0 aliphatic rings. The predicted molar refractivity (Wildman–Crippen MR) is 18.5 cm³/mol. The van der Waals surface area contributed by atoms with Crippen LogP contribution in [0, 0.1) is 0 Å². The molecule has 0 radical (unpaired) electrons. The second-order valence-electron chi connectivity index (χ2n) is 0.674. The molecule has 0 atom stereocenters. The summed E-state index contributed by atoms with van der Waals surface area (Å²) < 4.78 is 34.1. The Hall–Kier alpha value is 4.05. The van der Waals surface area contributed by atoms with Crippen LogP contribution < -0.4 is 159 Å². The zero-order valence-corrected chi connectivity index (χ0v) is 17.0. The zero-order chi connectivity index (χ0) is 8.08. The standard InChI is InChI=1S/CH2O3.3K.H2O4S/c2-1(3)4;;;;1-5(2,3)4/h(H2,2,3,4);;;;(H2,1,2,3,4)/q;3*+1;/p-3. The zero-order valence-electron chi connectivity index (χ0n) is 6.80. The van der Waals surface area contributed by atoms with Gasteiger partial charge >= 0.3 is 154 Å². The minimum atomic E-state index is -5.17. The molecule has 0 heterocycles. The molecule has 0 spiro atoms. The van der Waals surface area contributed by atoms with Crippen LogP contribution in [0.15, 0.2) is 0 Å². The van der Waals surface area contributed by atoms with E-state index in [-0.39, 0.29) is 154 Å². The average molecular weight is 274 g/mol. The minimum absolute atomic E-state index is 0. The van der Waals surface area contributed by atoms with Gasteiger partial charge in [0.2, 0.25) is 6.16 Å². The van der Waals surface area contributed by atoms with E-state index in [9.17, 15) is 0 Å². The molecule has 56 valence electrons. The van der Waals surface area contributed by atoms with Gasteiger partial charge in [-0.15, -0.1) is 0 Å². The summed E-state index contributed by atoms with van der Waals surface area (Å²) in [5.74, 6) is 0. The molecule has 0 amide bonds. The van der Waals surface area contributed by atoms with E-state index in [2.05, 4.69) is 0 Å². The third-order valence-electron chi connectivity index (χ3n) is 0. The van der Waals surface area contributed by atoms with E-state index < -0.39 is 16.6 Å². The molecule has 1 N–H and O–H groups in total. The van der Waals surface area contributed by atoms with Crippen LogP contribution in [-0.4, -0.2) is 28.8 Å². The van der Waals surface area contributed by atoms with Gasteiger partial charge in [-0.25, -0.2) is 0 Å². The number of carbonyl (C=O) groups is 1. The molecule has 0 saturated carbocycles. The Kier molecular flexibility index (Phi) is 43.3. The molecule has 7 nitrogen and oxygen atoms in total. The molecule has 12 heavy (non-hydrogen) atoms. The topological polar surface area (TPSA) is 141 Å². The molecular weight excluding hydrogens is 273 g/mol. The summed E-state index contributed by atoms with van der Waals surface area (Å²) in [7, 11) is -5.17. The normalized spacial score (nSPS) is 6.83. The summed E-state index contributed by atoms with van der Waals surface area (Å²) in [5, 5.41) is 15.3. The van der Waals surface area contributed by atoms with E-state index in [4.69, 9.17) is 32.5 Å². The molecule has 0 aromatic rings. The Balaban J connectivity index is -0.0000000221. The van der Waals surface area contributed by atoms with Crippen LogP contribution in [0.4, 0.5) is 4.79 Å². The largest absolute Gasteiger partial charge is 1.00 e. The van der Waals surface area contributed by atoms with Crippen LogP contribution in [0.5, 0.6) is 0 Å². The second-order valence-corrected chi connectivity index (χ2v) is 1.49. The van der Waals surface area contributed by atoms with Gasteiger partial charge in [0.1, 0.15) is 0 Å². The summed E-state index contributed by atoms with van der Waals surface area (Å²) in [6.07, 6.45) is -2.08. The first-order valence-corrected chi connectivity index (χ1v) is 2.63. The van der Waals surface area contributed by atoms with Gasteiger partial charge < -0.3 is 24.1 Å². The number of rotatable bonds is 0. The molecule has 0 aromatic carbocycles. The summed E-state index contributed by atoms with van der Waals surface area (Å²) in [6.45, 7) is 0. The first-order chi connectivity index (χ1) is 3.73. The summed E-state index contributed by atoms with van der Waals surface area (Å²) in [6, 6.07) is 0. The predicted octanol–water partition coefficient (Wildman–Crippen LogP) is -11.4. The Morgan fingerprint density at radius 2 is 1.08 bits per heavy atom. The fourth-order valence-corrected chi connectivity index (χ4v) is 0. The van der Waals surface area contributed by atoms with Crippen molar-refractivity contribution in [3.8, 4) is 0 Å². The van der Waals surface area contributed by atoms with Gasteiger partial charge in [0.25, 0.3) is 0 Å². The van der Waals surface area contributed by atoms with Gasteiger partial charge in [0.15, 0.2) is 0 Å². The van der Waals surface area contributed by atoms with E-state index in [1.54, 1.807) is 0 Å². The maximum absolute atomic E-state index is 8.52. The van der Waals surface area contributed by atoms with Crippen molar-refractivity contribution in [2.45, 2.75) is 0 Å². The van der Waals surface area contributed by atoms with Crippen LogP contribution in [0.2, 0.25) is 0 Å². The average Bonchev–Trinajstić information content (AvgIpc) is 1.19. The molecule has 0 fully saturated rings. The summed E-state index contributed by atoms with van der Waals surface area (Å²) in [4.78, 5) is 8.44. The van der Waals surface area contributed by atoms with E-state index in [0.717, 1.165) is 0 Å². The maximum atomic E-state index is 8.52. The SMILES string of the molecule is O=C([O-])O.O=S(=O)([O-])[O-].[K+].[K+].[K+]. The van der Waals surface area contributed by atoms with Gasteiger partial charge in [0, 0.05) is 10.4 Å². The van der Waals surface area contributed by atoms with Crippen LogP contribution >= 0.6 is 0 Å².